The highest BCUT2D eigenvalue weighted by atomic mass is 35.5. The Labute approximate surface area is 225 Å². The van der Waals surface area contributed by atoms with E-state index in [1.807, 2.05) is 18.2 Å². The third-order valence-corrected chi connectivity index (χ3v) is 7.03. The van der Waals surface area contributed by atoms with E-state index in [4.69, 9.17) is 25.6 Å². The number of carbonyl (C=O) groups is 1. The van der Waals surface area contributed by atoms with Gasteiger partial charge in [-0.3, -0.25) is 9.36 Å². The van der Waals surface area contributed by atoms with Gasteiger partial charge in [-0.2, -0.15) is 0 Å². The third kappa shape index (κ3) is 5.06. The van der Waals surface area contributed by atoms with E-state index in [9.17, 15) is 14.7 Å². The van der Waals surface area contributed by atoms with Gasteiger partial charge >= 0.3 is 5.97 Å². The van der Waals surface area contributed by atoms with Crippen molar-refractivity contribution in [2.45, 2.75) is 19.4 Å². The van der Waals surface area contributed by atoms with Crippen molar-refractivity contribution in [3.63, 3.8) is 0 Å². The number of hydrogen-bond acceptors (Lipinski definition) is 9. The van der Waals surface area contributed by atoms with Crippen LogP contribution in [0, 0.1) is 0 Å². The van der Waals surface area contributed by atoms with Crippen LogP contribution in [0.2, 0.25) is 5.02 Å². The van der Waals surface area contributed by atoms with Gasteiger partial charge in [-0.15, -0.1) is 11.3 Å². The van der Waals surface area contributed by atoms with Crippen LogP contribution in [0.4, 0.5) is 0 Å². The fourth-order valence-corrected chi connectivity index (χ4v) is 4.94. The normalized spacial score (nSPS) is 11.6. The molecule has 0 aliphatic rings. The monoisotopic (exact) mass is 551 g/mol. The molecule has 11 heteroatoms. The molecule has 9 nitrogen and oxygen atoms in total. The summed E-state index contributed by atoms with van der Waals surface area (Å²) in [6.45, 7) is 3.19. The van der Waals surface area contributed by atoms with Crippen LogP contribution in [-0.4, -0.2) is 45.1 Å². The minimum atomic E-state index is -1.11. The summed E-state index contributed by atoms with van der Waals surface area (Å²) in [7, 11) is 1.25. The zero-order chi connectivity index (χ0) is 27.0. The van der Waals surface area contributed by atoms with Gasteiger partial charge in [0.15, 0.2) is 0 Å². The Morgan fingerprint density at radius 1 is 1.18 bits per heavy atom. The molecule has 0 atom stereocenters. The number of aliphatic hydroxyl groups is 1. The molecule has 3 aromatic heterocycles. The molecular weight excluding hydrogens is 530 g/mol. The molecule has 0 saturated heterocycles. The van der Waals surface area contributed by atoms with Crippen LogP contribution in [0.15, 0.2) is 70.4 Å². The molecule has 0 fully saturated rings. The Morgan fingerprint density at radius 3 is 2.66 bits per heavy atom. The summed E-state index contributed by atoms with van der Waals surface area (Å²) in [4.78, 5) is 31.2. The molecule has 0 bridgehead atoms. The van der Waals surface area contributed by atoms with E-state index in [1.165, 1.54) is 35.6 Å². The number of fused-ring (bicyclic) bond motifs is 1. The predicted octanol–water partition coefficient (Wildman–Crippen LogP) is 5.36. The second-order valence-electron chi connectivity index (χ2n) is 9.10. The number of thiophene rings is 1. The fraction of sp³-hybridized carbons (Fsp3) is 0.185. The molecule has 1 N–H and O–H groups in total. The lowest BCUT2D eigenvalue weighted by molar-refractivity contribution is 0.0286. The summed E-state index contributed by atoms with van der Waals surface area (Å²) in [6, 6.07) is 14.2. The van der Waals surface area contributed by atoms with Crippen molar-refractivity contribution in [2.75, 3.05) is 13.7 Å². The summed E-state index contributed by atoms with van der Waals surface area (Å²) in [5, 5.41) is 14.8. The largest absolute Gasteiger partial charge is 0.490 e. The van der Waals surface area contributed by atoms with Gasteiger partial charge in [-0.25, -0.2) is 9.78 Å². The lowest BCUT2D eigenvalue weighted by Gasteiger charge is -2.20. The number of ether oxygens (including phenoxy) is 2. The number of methoxy groups -OCH3 is 1. The standard InChI is InChI=1S/C27H22ClN3O6S/c1-27(2,34)13-36-21-9-8-17(10-18(21)23-19(12-37-30-23)26(33)35-3)31-14-29-20-11-22(38-24(20)25(31)32)15-4-6-16(28)7-5-15/h4-12,14,34H,13H2,1-3H3. The van der Waals surface area contributed by atoms with E-state index < -0.39 is 11.6 Å². The maximum atomic E-state index is 13.5. The number of hydrogen-bond donors (Lipinski definition) is 1. The number of aromatic nitrogens is 3. The molecule has 5 aromatic rings. The van der Waals surface area contributed by atoms with Crippen molar-refractivity contribution in [1.82, 2.24) is 14.7 Å². The van der Waals surface area contributed by atoms with Gasteiger partial charge in [0.05, 0.1) is 23.9 Å². The predicted molar refractivity (Wildman–Crippen MR) is 144 cm³/mol. The maximum Gasteiger partial charge on any atom is 0.343 e. The van der Waals surface area contributed by atoms with Crippen molar-refractivity contribution in [3.05, 3.63) is 82.1 Å². The minimum absolute atomic E-state index is 0.0269. The van der Waals surface area contributed by atoms with Crippen LogP contribution in [0.25, 0.3) is 37.6 Å². The highest BCUT2D eigenvalue weighted by Gasteiger charge is 2.24. The highest BCUT2D eigenvalue weighted by molar-refractivity contribution is 7.22. The lowest BCUT2D eigenvalue weighted by atomic mass is 10.1. The van der Waals surface area contributed by atoms with E-state index in [0.717, 1.165) is 10.4 Å². The molecule has 3 heterocycles. The van der Waals surface area contributed by atoms with Gasteiger partial charge in [-0.1, -0.05) is 28.9 Å². The van der Waals surface area contributed by atoms with Crippen molar-refractivity contribution < 1.29 is 23.9 Å². The zero-order valence-electron chi connectivity index (χ0n) is 20.6. The summed E-state index contributed by atoms with van der Waals surface area (Å²) < 4.78 is 17.7. The van der Waals surface area contributed by atoms with Crippen LogP contribution in [0.1, 0.15) is 24.2 Å². The summed E-state index contributed by atoms with van der Waals surface area (Å²) in [6.07, 6.45) is 2.63. The first kappa shape index (κ1) is 25.7. The number of benzene rings is 2. The van der Waals surface area contributed by atoms with Crippen LogP contribution >= 0.6 is 22.9 Å². The van der Waals surface area contributed by atoms with Gasteiger partial charge in [0.2, 0.25) is 0 Å². The van der Waals surface area contributed by atoms with Crippen LogP contribution in [0.3, 0.4) is 0 Å². The smallest absolute Gasteiger partial charge is 0.343 e. The quantitative estimate of drug-likeness (QED) is 0.269. The maximum absolute atomic E-state index is 13.5. The Bertz CT molecular complexity index is 1700. The van der Waals surface area contributed by atoms with E-state index in [0.29, 0.717) is 32.2 Å². The minimum Gasteiger partial charge on any atom is -0.490 e. The summed E-state index contributed by atoms with van der Waals surface area (Å²) >= 11 is 7.35. The average Bonchev–Trinajstić information content (AvgIpc) is 3.55. The molecule has 2 aromatic carbocycles. The topological polar surface area (TPSA) is 117 Å². The van der Waals surface area contributed by atoms with E-state index in [1.54, 1.807) is 44.2 Å². The molecule has 0 aliphatic heterocycles. The Hall–Kier alpha value is -3.99. The molecule has 0 radical (unpaired) electrons. The second-order valence-corrected chi connectivity index (χ2v) is 10.6. The average molecular weight is 552 g/mol. The van der Waals surface area contributed by atoms with Crippen molar-refractivity contribution >= 4 is 39.1 Å². The summed E-state index contributed by atoms with van der Waals surface area (Å²) in [5.74, 6) is -0.313. The van der Waals surface area contributed by atoms with Crippen LogP contribution in [-0.2, 0) is 4.74 Å². The lowest BCUT2D eigenvalue weighted by Crippen LogP contribution is -2.28. The first-order valence-electron chi connectivity index (χ1n) is 11.4. The fourth-order valence-electron chi connectivity index (χ4n) is 3.77. The SMILES string of the molecule is COC(=O)c1conc1-c1cc(-n2cnc3cc(-c4ccc(Cl)cc4)sc3c2=O)ccc1OCC(C)(C)O. The summed E-state index contributed by atoms with van der Waals surface area (Å²) in [5.41, 5.74) is 1.24. The van der Waals surface area contributed by atoms with E-state index in [2.05, 4.69) is 10.1 Å². The Kier molecular flexibility index (Phi) is 6.78. The van der Waals surface area contributed by atoms with E-state index in [-0.39, 0.29) is 23.4 Å². The van der Waals surface area contributed by atoms with Crippen molar-refractivity contribution in [2.24, 2.45) is 0 Å². The molecule has 0 saturated carbocycles. The van der Waals surface area contributed by atoms with Gasteiger partial charge < -0.3 is 19.1 Å². The number of esters is 1. The Balaban J connectivity index is 1.62. The molecule has 194 valence electrons. The molecular formula is C27H22ClN3O6S. The van der Waals surface area contributed by atoms with Gasteiger partial charge in [0.1, 0.15) is 40.9 Å². The van der Waals surface area contributed by atoms with Gasteiger partial charge in [0, 0.05) is 15.5 Å². The van der Waals surface area contributed by atoms with Crippen molar-refractivity contribution in [3.8, 4) is 33.1 Å². The van der Waals surface area contributed by atoms with E-state index >= 15 is 0 Å². The molecule has 0 aliphatic carbocycles. The third-order valence-electron chi connectivity index (χ3n) is 5.62. The van der Waals surface area contributed by atoms with Crippen LogP contribution in [0.5, 0.6) is 5.75 Å². The number of carbonyl (C=O) groups excluding carboxylic acids is 1. The molecule has 0 unspecified atom stereocenters. The highest BCUT2D eigenvalue weighted by Crippen LogP contribution is 2.35. The molecule has 5 rings (SSSR count). The molecule has 0 amide bonds. The Morgan fingerprint density at radius 2 is 1.95 bits per heavy atom. The van der Waals surface area contributed by atoms with Gasteiger partial charge in [0.25, 0.3) is 5.56 Å². The second kappa shape index (κ2) is 10.1. The van der Waals surface area contributed by atoms with Crippen LogP contribution < -0.4 is 10.3 Å². The molecule has 0 spiro atoms. The number of rotatable bonds is 7. The first-order chi connectivity index (χ1) is 18.1. The number of halogens is 1. The van der Waals surface area contributed by atoms with Crippen molar-refractivity contribution in [1.29, 1.82) is 0 Å². The molecule has 38 heavy (non-hydrogen) atoms. The first-order valence-corrected chi connectivity index (χ1v) is 12.6. The number of nitrogens with zero attached hydrogens (tertiary/aromatic N) is 3. The van der Waals surface area contributed by atoms with Gasteiger partial charge in [-0.05, 0) is 55.8 Å². The zero-order valence-corrected chi connectivity index (χ0v) is 22.2.